The summed E-state index contributed by atoms with van der Waals surface area (Å²) in [5.74, 6) is -0.157. The molecule has 0 fully saturated rings. The van der Waals surface area contributed by atoms with Gasteiger partial charge in [0.05, 0.1) is 29.0 Å². The molecule has 0 saturated heterocycles. The Labute approximate surface area is 132 Å². The summed E-state index contributed by atoms with van der Waals surface area (Å²) in [6, 6.07) is 9.85. The molecule has 2 N–H and O–H groups in total. The van der Waals surface area contributed by atoms with Crippen LogP contribution in [-0.4, -0.2) is 29.8 Å². The first kappa shape index (κ1) is 13.8. The van der Waals surface area contributed by atoms with Gasteiger partial charge in [-0.25, -0.2) is 17.4 Å². The van der Waals surface area contributed by atoms with Gasteiger partial charge in [0.2, 0.25) is 5.91 Å². The van der Waals surface area contributed by atoms with Crippen molar-refractivity contribution in [3.63, 3.8) is 0 Å². The van der Waals surface area contributed by atoms with E-state index in [1.807, 2.05) is 0 Å². The van der Waals surface area contributed by atoms with Crippen molar-refractivity contribution in [2.24, 2.45) is 0 Å². The predicted molar refractivity (Wildman–Crippen MR) is 85.9 cm³/mol. The molecule has 0 spiro atoms. The highest BCUT2D eigenvalue weighted by Crippen LogP contribution is 2.33. The SMILES string of the molecule is O=C1CNc2c(cnc3c2ccn3S(=O)(=O)c2ccccc2)N1. The number of pyridine rings is 1. The van der Waals surface area contributed by atoms with Crippen LogP contribution < -0.4 is 10.6 Å². The highest BCUT2D eigenvalue weighted by molar-refractivity contribution is 7.90. The van der Waals surface area contributed by atoms with Crippen molar-refractivity contribution in [2.45, 2.75) is 4.90 Å². The minimum atomic E-state index is -3.72. The second kappa shape index (κ2) is 4.82. The summed E-state index contributed by atoms with van der Waals surface area (Å²) in [4.78, 5) is 15.8. The average Bonchev–Trinajstić information content (AvgIpc) is 3.00. The number of aromatic nitrogens is 2. The van der Waals surface area contributed by atoms with Gasteiger partial charge < -0.3 is 10.6 Å². The Morgan fingerprint density at radius 1 is 1.13 bits per heavy atom. The van der Waals surface area contributed by atoms with Crippen molar-refractivity contribution in [2.75, 3.05) is 17.2 Å². The van der Waals surface area contributed by atoms with Gasteiger partial charge in [0.25, 0.3) is 10.0 Å². The molecule has 0 atom stereocenters. The molecule has 23 heavy (non-hydrogen) atoms. The summed E-state index contributed by atoms with van der Waals surface area (Å²) < 4.78 is 26.7. The molecule has 0 bridgehead atoms. The average molecular weight is 328 g/mol. The minimum absolute atomic E-state index is 0.142. The van der Waals surface area contributed by atoms with Crippen LogP contribution in [-0.2, 0) is 14.8 Å². The van der Waals surface area contributed by atoms with Crippen molar-refractivity contribution in [3.05, 3.63) is 48.8 Å². The first-order valence-electron chi connectivity index (χ1n) is 6.92. The molecule has 0 unspecified atom stereocenters. The third-order valence-electron chi connectivity index (χ3n) is 3.68. The fourth-order valence-electron chi connectivity index (χ4n) is 2.61. The predicted octanol–water partition coefficient (Wildman–Crippen LogP) is 1.64. The maximum Gasteiger partial charge on any atom is 0.269 e. The molecule has 7 nitrogen and oxygen atoms in total. The van der Waals surface area contributed by atoms with E-state index in [2.05, 4.69) is 15.6 Å². The van der Waals surface area contributed by atoms with E-state index in [-0.39, 0.29) is 17.3 Å². The minimum Gasteiger partial charge on any atom is -0.374 e. The maximum absolute atomic E-state index is 12.8. The number of nitrogens with one attached hydrogen (secondary N) is 2. The molecular formula is C15H12N4O3S. The second-order valence-electron chi connectivity index (χ2n) is 5.12. The number of fused-ring (bicyclic) bond motifs is 3. The number of anilines is 2. The fraction of sp³-hybridized carbons (Fsp3) is 0.0667. The summed E-state index contributed by atoms with van der Waals surface area (Å²) >= 11 is 0. The van der Waals surface area contributed by atoms with Gasteiger partial charge in [-0.05, 0) is 18.2 Å². The molecule has 0 saturated carbocycles. The number of rotatable bonds is 2. The lowest BCUT2D eigenvalue weighted by atomic mass is 10.2. The molecule has 8 heteroatoms. The molecule has 4 rings (SSSR count). The first-order valence-corrected chi connectivity index (χ1v) is 8.36. The Morgan fingerprint density at radius 2 is 1.91 bits per heavy atom. The number of nitrogens with zero attached hydrogens (tertiary/aromatic N) is 2. The largest absolute Gasteiger partial charge is 0.374 e. The normalized spacial score (nSPS) is 14.2. The lowest BCUT2D eigenvalue weighted by Crippen LogP contribution is -2.27. The summed E-state index contributed by atoms with van der Waals surface area (Å²) in [5, 5.41) is 6.35. The topological polar surface area (TPSA) is 93.1 Å². The molecular weight excluding hydrogens is 316 g/mol. The molecule has 0 aliphatic carbocycles. The van der Waals surface area contributed by atoms with Crippen molar-refractivity contribution in [1.82, 2.24) is 8.96 Å². The number of hydrogen-bond acceptors (Lipinski definition) is 5. The second-order valence-corrected chi connectivity index (χ2v) is 6.93. The van der Waals surface area contributed by atoms with Crippen LogP contribution in [0.2, 0.25) is 0 Å². The summed E-state index contributed by atoms with van der Waals surface area (Å²) in [6.07, 6.45) is 2.93. The zero-order chi connectivity index (χ0) is 16.0. The first-order chi connectivity index (χ1) is 11.1. The zero-order valence-corrected chi connectivity index (χ0v) is 12.7. The van der Waals surface area contributed by atoms with Crippen molar-refractivity contribution in [3.8, 4) is 0 Å². The molecule has 1 amide bonds. The van der Waals surface area contributed by atoms with Crippen LogP contribution in [0.4, 0.5) is 11.4 Å². The Bertz CT molecular complexity index is 1030. The van der Waals surface area contributed by atoms with Crippen LogP contribution in [0.1, 0.15) is 0 Å². The van der Waals surface area contributed by atoms with Gasteiger partial charge >= 0.3 is 0 Å². The van der Waals surface area contributed by atoms with Crippen LogP contribution >= 0.6 is 0 Å². The molecule has 1 aromatic carbocycles. The monoisotopic (exact) mass is 328 g/mol. The van der Waals surface area contributed by atoms with E-state index in [4.69, 9.17) is 0 Å². The Morgan fingerprint density at radius 3 is 2.70 bits per heavy atom. The van der Waals surface area contributed by atoms with Gasteiger partial charge in [-0.1, -0.05) is 18.2 Å². The van der Waals surface area contributed by atoms with E-state index in [0.717, 1.165) is 3.97 Å². The Hall–Kier alpha value is -2.87. The number of hydrogen-bond donors (Lipinski definition) is 2. The summed E-state index contributed by atoms with van der Waals surface area (Å²) in [7, 11) is -3.72. The van der Waals surface area contributed by atoms with Crippen LogP contribution in [0.25, 0.3) is 11.0 Å². The van der Waals surface area contributed by atoms with Crippen molar-refractivity contribution in [1.29, 1.82) is 0 Å². The molecule has 0 radical (unpaired) electrons. The Kier molecular flexibility index (Phi) is 2.88. The van der Waals surface area contributed by atoms with Crippen molar-refractivity contribution < 1.29 is 13.2 Å². The van der Waals surface area contributed by atoms with Gasteiger partial charge in [0.15, 0.2) is 5.65 Å². The number of carbonyl (C=O) groups is 1. The zero-order valence-electron chi connectivity index (χ0n) is 11.9. The van der Waals surface area contributed by atoms with E-state index in [0.29, 0.717) is 22.4 Å². The van der Waals surface area contributed by atoms with Gasteiger partial charge in [0, 0.05) is 11.6 Å². The lowest BCUT2D eigenvalue weighted by Gasteiger charge is -2.19. The maximum atomic E-state index is 12.8. The van der Waals surface area contributed by atoms with E-state index in [1.165, 1.54) is 24.5 Å². The highest BCUT2D eigenvalue weighted by atomic mass is 32.2. The smallest absolute Gasteiger partial charge is 0.269 e. The number of benzene rings is 1. The lowest BCUT2D eigenvalue weighted by molar-refractivity contribution is -0.114. The molecule has 3 heterocycles. The van der Waals surface area contributed by atoms with E-state index in [1.54, 1.807) is 24.3 Å². The third kappa shape index (κ3) is 2.07. The molecule has 2 aromatic heterocycles. The van der Waals surface area contributed by atoms with Crippen LogP contribution in [0.3, 0.4) is 0 Å². The van der Waals surface area contributed by atoms with Gasteiger partial charge in [-0.3, -0.25) is 4.79 Å². The fourth-order valence-corrected chi connectivity index (χ4v) is 3.93. The van der Waals surface area contributed by atoms with Gasteiger partial charge in [-0.2, -0.15) is 0 Å². The Balaban J connectivity index is 1.92. The van der Waals surface area contributed by atoms with Crippen LogP contribution in [0.5, 0.6) is 0 Å². The van der Waals surface area contributed by atoms with E-state index < -0.39 is 10.0 Å². The van der Waals surface area contributed by atoms with Gasteiger partial charge in [-0.15, -0.1) is 0 Å². The van der Waals surface area contributed by atoms with Crippen molar-refractivity contribution >= 4 is 38.3 Å². The van der Waals surface area contributed by atoms with Crippen LogP contribution in [0.15, 0.2) is 53.7 Å². The van der Waals surface area contributed by atoms with Crippen LogP contribution in [0, 0.1) is 0 Å². The molecule has 1 aliphatic heterocycles. The summed E-state index contributed by atoms with van der Waals surface area (Å²) in [5.41, 5.74) is 1.54. The number of amides is 1. The van der Waals surface area contributed by atoms with E-state index in [9.17, 15) is 13.2 Å². The highest BCUT2D eigenvalue weighted by Gasteiger charge is 2.23. The third-order valence-corrected chi connectivity index (χ3v) is 5.36. The van der Waals surface area contributed by atoms with E-state index >= 15 is 0 Å². The molecule has 116 valence electrons. The number of carbonyl (C=O) groups excluding carboxylic acids is 1. The quantitative estimate of drug-likeness (QED) is 0.746. The molecule has 1 aliphatic rings. The summed E-state index contributed by atoms with van der Waals surface area (Å²) in [6.45, 7) is 0.142. The standard InChI is InChI=1S/C15H12N4O3S/c20-13-9-16-14-11-6-7-19(15(11)17-8-12(14)18-13)23(21,22)10-4-2-1-3-5-10/h1-8,16H,9H2,(H,18,20). The molecule has 3 aromatic rings. The van der Waals surface area contributed by atoms with Gasteiger partial charge in [0.1, 0.15) is 0 Å².